The second kappa shape index (κ2) is 14.6. The predicted octanol–water partition coefficient (Wildman–Crippen LogP) is 12.0. The van der Waals surface area contributed by atoms with E-state index in [1.165, 1.54) is 27.7 Å². The van der Waals surface area contributed by atoms with Gasteiger partial charge in [-0.3, -0.25) is 0 Å². The van der Waals surface area contributed by atoms with Crippen LogP contribution in [0.5, 0.6) is 0 Å². The third-order valence-electron chi connectivity index (χ3n) is 8.14. The molecule has 1 rings (SSSR count). The molecule has 0 aliphatic heterocycles. The van der Waals surface area contributed by atoms with E-state index in [0.29, 0.717) is 19.3 Å². The second-order valence-electron chi connectivity index (χ2n) is 11.9. The zero-order valence-electron chi connectivity index (χ0n) is 25.5. The maximum Gasteiger partial charge on any atom is 0.460 e. The van der Waals surface area contributed by atoms with Gasteiger partial charge in [0, 0.05) is 13.0 Å². The molecule has 0 aliphatic carbocycles. The molecule has 0 bridgehead atoms. The van der Waals surface area contributed by atoms with Crippen LogP contribution >= 0.6 is 0 Å². The number of unbranched alkanes of at least 4 members (excludes halogenated alkanes) is 3. The Labute approximate surface area is 261 Å². The standard InChI is InChI=1S/C28H35F17OSi/c1-18(2)47(19(3)4,46-16-11-6-5-8-12-20-13-9-7-10-14-20)17-15-21(29,30)22(31,32)23(33,34)24(35,36)25(37,38)26(39,40)27(41,42)28(43,44)45/h7,9-10,13-14,18-19H,5-6,8,11-12,15-17H2,1-4H3. The predicted molar refractivity (Wildman–Crippen MR) is 141 cm³/mol. The first kappa shape index (κ1) is 43.2. The summed E-state index contributed by atoms with van der Waals surface area (Å²) in [5.74, 6) is -56.2. The van der Waals surface area contributed by atoms with Crippen LogP contribution in [0.4, 0.5) is 74.6 Å². The van der Waals surface area contributed by atoms with Crippen molar-refractivity contribution in [2.75, 3.05) is 6.61 Å². The van der Waals surface area contributed by atoms with Gasteiger partial charge in [0.25, 0.3) is 0 Å². The molecule has 0 fully saturated rings. The summed E-state index contributed by atoms with van der Waals surface area (Å²) in [4.78, 5) is 0. The van der Waals surface area contributed by atoms with Crippen molar-refractivity contribution in [3.05, 3.63) is 35.9 Å². The van der Waals surface area contributed by atoms with Crippen LogP contribution in [0.15, 0.2) is 30.3 Å². The van der Waals surface area contributed by atoms with Crippen molar-refractivity contribution in [1.29, 1.82) is 0 Å². The van der Waals surface area contributed by atoms with E-state index in [1.54, 1.807) is 0 Å². The number of halogens is 17. The van der Waals surface area contributed by atoms with Crippen LogP contribution < -0.4 is 0 Å². The van der Waals surface area contributed by atoms with E-state index in [2.05, 4.69) is 0 Å². The molecule has 1 aromatic rings. The summed E-state index contributed by atoms with van der Waals surface area (Å²) in [5, 5.41) is 0. The average Bonchev–Trinajstić information content (AvgIpc) is 2.93. The topological polar surface area (TPSA) is 9.23 Å². The summed E-state index contributed by atoms with van der Waals surface area (Å²) in [6.07, 6.45) is -7.10. The average molecular weight is 739 g/mol. The Balaban J connectivity index is 3.19. The molecule has 0 atom stereocenters. The fourth-order valence-electron chi connectivity index (χ4n) is 5.05. The van der Waals surface area contributed by atoms with Crippen molar-refractivity contribution in [1.82, 2.24) is 0 Å². The van der Waals surface area contributed by atoms with E-state index in [-0.39, 0.29) is 6.61 Å². The lowest BCUT2D eigenvalue weighted by molar-refractivity contribution is -0.461. The molecule has 47 heavy (non-hydrogen) atoms. The first-order valence-electron chi connectivity index (χ1n) is 14.3. The molecule has 0 saturated carbocycles. The highest BCUT2D eigenvalue weighted by Crippen LogP contribution is 2.64. The highest BCUT2D eigenvalue weighted by molar-refractivity contribution is 6.76. The monoisotopic (exact) mass is 738 g/mol. The van der Waals surface area contributed by atoms with Crippen molar-refractivity contribution in [3.8, 4) is 0 Å². The lowest BCUT2D eigenvalue weighted by Gasteiger charge is -2.44. The number of hydrogen-bond acceptors (Lipinski definition) is 1. The normalized spacial score (nSPS) is 15.2. The Bertz CT molecular complexity index is 1110. The van der Waals surface area contributed by atoms with Crippen molar-refractivity contribution in [2.45, 2.75) is 131 Å². The molecule has 19 heteroatoms. The maximum atomic E-state index is 14.7. The molecule has 276 valence electrons. The molecule has 0 N–H and O–H groups in total. The van der Waals surface area contributed by atoms with Crippen molar-refractivity contribution in [3.63, 3.8) is 0 Å². The molecular weight excluding hydrogens is 703 g/mol. The summed E-state index contributed by atoms with van der Waals surface area (Å²) >= 11 is 0. The van der Waals surface area contributed by atoms with Crippen molar-refractivity contribution < 1.29 is 79.1 Å². The Morgan fingerprint density at radius 2 is 0.936 bits per heavy atom. The number of alkyl halides is 17. The summed E-state index contributed by atoms with van der Waals surface area (Å²) in [6.45, 7) is 5.53. The first-order valence-corrected chi connectivity index (χ1v) is 16.6. The quantitative estimate of drug-likeness (QED) is 0.0780. The fraction of sp³-hybridized carbons (Fsp3) is 0.786. The smallest absolute Gasteiger partial charge is 0.416 e. The molecule has 0 spiro atoms. The van der Waals surface area contributed by atoms with Gasteiger partial charge in [0.1, 0.15) is 0 Å². The molecule has 0 heterocycles. The summed E-state index contributed by atoms with van der Waals surface area (Å²) in [6, 6.07) is 8.20. The third-order valence-corrected chi connectivity index (χ3v) is 13.8. The van der Waals surface area contributed by atoms with Crippen LogP contribution in [-0.4, -0.2) is 62.6 Å². The van der Waals surface area contributed by atoms with Crippen LogP contribution in [0.3, 0.4) is 0 Å². The second-order valence-corrected chi connectivity index (χ2v) is 16.9. The van der Waals surface area contributed by atoms with Gasteiger partial charge in [-0.1, -0.05) is 70.9 Å². The molecule has 1 aromatic carbocycles. The lowest BCUT2D eigenvalue weighted by Crippen LogP contribution is -2.74. The molecular formula is C28H35F17OSi. The molecule has 0 saturated heterocycles. The minimum atomic E-state index is -8.62. The number of benzene rings is 1. The molecule has 0 unspecified atom stereocenters. The maximum absolute atomic E-state index is 14.7. The van der Waals surface area contributed by atoms with Gasteiger partial charge in [0.15, 0.2) is 8.32 Å². The van der Waals surface area contributed by atoms with Gasteiger partial charge in [-0.2, -0.15) is 74.6 Å². The van der Waals surface area contributed by atoms with Gasteiger partial charge in [0.05, 0.1) is 0 Å². The molecule has 0 radical (unpaired) electrons. The van der Waals surface area contributed by atoms with E-state index in [4.69, 9.17) is 4.43 Å². The van der Waals surface area contributed by atoms with Gasteiger partial charge in [0.2, 0.25) is 0 Å². The Hall–Kier alpha value is -1.79. The summed E-state index contributed by atoms with van der Waals surface area (Å²) in [5.41, 5.74) is -0.341. The lowest BCUT2D eigenvalue weighted by atomic mass is 9.88. The largest absolute Gasteiger partial charge is 0.460 e. The van der Waals surface area contributed by atoms with Crippen LogP contribution in [0, 0.1) is 0 Å². The van der Waals surface area contributed by atoms with Gasteiger partial charge >= 0.3 is 47.6 Å². The highest BCUT2D eigenvalue weighted by Gasteiger charge is 2.95. The molecule has 0 aromatic heterocycles. The molecule has 0 amide bonds. The molecule has 0 aliphatic rings. The van der Waals surface area contributed by atoms with E-state index in [9.17, 15) is 74.6 Å². The summed E-state index contributed by atoms with van der Waals surface area (Å²) in [7, 11) is -3.72. The zero-order valence-corrected chi connectivity index (χ0v) is 26.5. The fourth-order valence-corrected chi connectivity index (χ4v) is 9.57. The third kappa shape index (κ3) is 8.00. The van der Waals surface area contributed by atoms with E-state index in [0.717, 1.165) is 18.4 Å². The number of rotatable bonds is 19. The first-order chi connectivity index (χ1) is 20.9. The van der Waals surface area contributed by atoms with E-state index >= 15 is 0 Å². The minimum absolute atomic E-state index is 0.112. The zero-order chi connectivity index (χ0) is 37.1. The van der Waals surface area contributed by atoms with E-state index in [1.807, 2.05) is 30.3 Å². The van der Waals surface area contributed by atoms with E-state index < -0.39 is 79.5 Å². The van der Waals surface area contributed by atoms with Crippen LogP contribution in [0.25, 0.3) is 0 Å². The van der Waals surface area contributed by atoms with Gasteiger partial charge in [-0.05, 0) is 42.0 Å². The van der Waals surface area contributed by atoms with Gasteiger partial charge in [-0.25, -0.2) is 0 Å². The van der Waals surface area contributed by atoms with Crippen LogP contribution in [0.1, 0.15) is 65.4 Å². The van der Waals surface area contributed by atoms with Crippen LogP contribution in [-0.2, 0) is 10.8 Å². The minimum Gasteiger partial charge on any atom is -0.416 e. The Kier molecular flexibility index (Phi) is 13.4. The van der Waals surface area contributed by atoms with Crippen molar-refractivity contribution in [2.24, 2.45) is 0 Å². The van der Waals surface area contributed by atoms with Gasteiger partial charge in [-0.15, -0.1) is 0 Å². The molecule has 1 nitrogen and oxygen atoms in total. The Morgan fingerprint density at radius 1 is 0.532 bits per heavy atom. The van der Waals surface area contributed by atoms with Gasteiger partial charge < -0.3 is 4.43 Å². The number of hydrogen-bond donors (Lipinski definition) is 0. The van der Waals surface area contributed by atoms with Crippen molar-refractivity contribution >= 4 is 8.32 Å². The SMILES string of the molecule is CC(C)[Si](CCC(F)(F)C(F)(F)C(F)(F)C(F)(F)C(F)(F)C(F)(F)C(F)(F)C(F)(F)F)(OCCCCCCc1ccccc1)C(C)C. The van der Waals surface area contributed by atoms with Crippen LogP contribution in [0.2, 0.25) is 17.1 Å². The Morgan fingerprint density at radius 3 is 1.36 bits per heavy atom. The highest BCUT2D eigenvalue weighted by atomic mass is 28.4. The number of aryl methyl sites for hydroxylation is 1. The summed E-state index contributed by atoms with van der Waals surface area (Å²) < 4.78 is 238.